The van der Waals surface area contributed by atoms with Crippen LogP contribution in [0.1, 0.15) is 32.6 Å². The second kappa shape index (κ2) is 7.24. The van der Waals surface area contributed by atoms with Crippen molar-refractivity contribution in [1.82, 2.24) is 5.32 Å². The molecule has 1 fully saturated rings. The lowest BCUT2D eigenvalue weighted by Crippen LogP contribution is -2.49. The zero-order valence-electron chi connectivity index (χ0n) is 11.7. The van der Waals surface area contributed by atoms with Crippen molar-refractivity contribution in [3.63, 3.8) is 0 Å². The monoisotopic (exact) mass is 292 g/mol. The minimum atomic E-state index is 0.0327. The van der Waals surface area contributed by atoms with E-state index in [2.05, 4.69) is 12.2 Å². The summed E-state index contributed by atoms with van der Waals surface area (Å²) >= 11 is 5.18. The molecule has 0 aromatic heterocycles. The molecule has 0 aliphatic carbocycles. The fourth-order valence-corrected chi connectivity index (χ4v) is 2.38. The molecule has 4 nitrogen and oxygen atoms in total. The van der Waals surface area contributed by atoms with Crippen molar-refractivity contribution in [2.24, 2.45) is 0 Å². The Labute approximate surface area is 125 Å². The van der Waals surface area contributed by atoms with Crippen molar-refractivity contribution in [2.75, 3.05) is 18.1 Å². The molecule has 0 saturated carbocycles. The molecule has 1 aromatic rings. The van der Waals surface area contributed by atoms with Gasteiger partial charge in [0.05, 0.1) is 12.3 Å². The van der Waals surface area contributed by atoms with Crippen LogP contribution >= 0.6 is 12.2 Å². The number of rotatable bonds is 6. The quantitative estimate of drug-likeness (QED) is 0.646. The number of thiocarbonyl (C=S) groups is 1. The lowest BCUT2D eigenvalue weighted by Gasteiger charge is -2.28. The highest BCUT2D eigenvalue weighted by Gasteiger charge is 2.23. The SMILES string of the molecule is CCCCCOc1ccc(N2C(=O)CCNC2=S)cc1. The number of carbonyl (C=O) groups excluding carboxylic acids is 1. The van der Waals surface area contributed by atoms with Crippen molar-refractivity contribution in [1.29, 1.82) is 0 Å². The van der Waals surface area contributed by atoms with Crippen LogP contribution in [-0.2, 0) is 4.79 Å². The maximum atomic E-state index is 11.9. The highest BCUT2D eigenvalue weighted by molar-refractivity contribution is 7.80. The first-order valence-corrected chi connectivity index (χ1v) is 7.47. The first-order chi connectivity index (χ1) is 9.72. The highest BCUT2D eigenvalue weighted by Crippen LogP contribution is 2.21. The molecule has 1 amide bonds. The summed E-state index contributed by atoms with van der Waals surface area (Å²) in [5.74, 6) is 0.860. The van der Waals surface area contributed by atoms with E-state index in [1.165, 1.54) is 12.8 Å². The summed E-state index contributed by atoms with van der Waals surface area (Å²) in [6.45, 7) is 3.52. The van der Waals surface area contributed by atoms with E-state index in [-0.39, 0.29) is 5.91 Å². The number of anilines is 1. The smallest absolute Gasteiger partial charge is 0.235 e. The zero-order chi connectivity index (χ0) is 14.4. The lowest BCUT2D eigenvalue weighted by molar-refractivity contribution is -0.117. The van der Waals surface area contributed by atoms with Gasteiger partial charge in [0, 0.05) is 13.0 Å². The number of carbonyl (C=O) groups is 1. The van der Waals surface area contributed by atoms with E-state index in [1.807, 2.05) is 24.3 Å². The summed E-state index contributed by atoms with van der Waals surface area (Å²) in [6.07, 6.45) is 3.90. The van der Waals surface area contributed by atoms with Gasteiger partial charge in [0.2, 0.25) is 5.91 Å². The van der Waals surface area contributed by atoms with E-state index < -0.39 is 0 Å². The Morgan fingerprint density at radius 2 is 2.05 bits per heavy atom. The number of nitrogens with zero attached hydrogens (tertiary/aromatic N) is 1. The maximum Gasteiger partial charge on any atom is 0.235 e. The summed E-state index contributed by atoms with van der Waals surface area (Å²) in [5, 5.41) is 3.50. The van der Waals surface area contributed by atoms with Gasteiger partial charge in [-0.3, -0.25) is 9.69 Å². The minimum absolute atomic E-state index is 0.0327. The molecule has 0 bridgehead atoms. The van der Waals surface area contributed by atoms with Gasteiger partial charge in [-0.25, -0.2) is 0 Å². The second-order valence-electron chi connectivity index (χ2n) is 4.76. The van der Waals surface area contributed by atoms with Gasteiger partial charge in [0.1, 0.15) is 5.75 Å². The van der Waals surface area contributed by atoms with Crippen molar-refractivity contribution < 1.29 is 9.53 Å². The van der Waals surface area contributed by atoms with Crippen molar-refractivity contribution in [2.45, 2.75) is 32.6 Å². The Balaban J connectivity index is 1.96. The van der Waals surface area contributed by atoms with Crippen LogP contribution in [0.5, 0.6) is 5.75 Å². The van der Waals surface area contributed by atoms with Gasteiger partial charge in [-0.05, 0) is 42.9 Å². The Morgan fingerprint density at radius 3 is 2.70 bits per heavy atom. The number of hydrogen-bond donors (Lipinski definition) is 1. The van der Waals surface area contributed by atoms with Gasteiger partial charge in [-0.15, -0.1) is 0 Å². The van der Waals surface area contributed by atoms with Crippen molar-refractivity contribution in [3.8, 4) is 5.75 Å². The fourth-order valence-electron chi connectivity index (χ4n) is 2.08. The van der Waals surface area contributed by atoms with E-state index in [9.17, 15) is 4.79 Å². The van der Waals surface area contributed by atoms with E-state index in [0.29, 0.717) is 18.1 Å². The van der Waals surface area contributed by atoms with Gasteiger partial charge < -0.3 is 10.1 Å². The van der Waals surface area contributed by atoms with E-state index in [1.54, 1.807) is 4.90 Å². The lowest BCUT2D eigenvalue weighted by atomic mass is 10.2. The van der Waals surface area contributed by atoms with Crippen molar-refractivity contribution >= 4 is 28.9 Å². The van der Waals surface area contributed by atoms with Gasteiger partial charge in [-0.2, -0.15) is 0 Å². The second-order valence-corrected chi connectivity index (χ2v) is 5.15. The van der Waals surface area contributed by atoms with Gasteiger partial charge in [0.25, 0.3) is 0 Å². The molecule has 1 aliphatic heterocycles. The van der Waals surface area contributed by atoms with Crippen LogP contribution in [0, 0.1) is 0 Å². The molecule has 0 radical (unpaired) electrons. The molecule has 1 N–H and O–H groups in total. The van der Waals surface area contributed by atoms with E-state index in [4.69, 9.17) is 17.0 Å². The third-order valence-corrected chi connectivity index (χ3v) is 3.51. The van der Waals surface area contributed by atoms with Crippen molar-refractivity contribution in [3.05, 3.63) is 24.3 Å². The summed E-state index contributed by atoms with van der Waals surface area (Å²) in [4.78, 5) is 13.4. The maximum absolute atomic E-state index is 11.9. The first kappa shape index (κ1) is 14.8. The Morgan fingerprint density at radius 1 is 1.30 bits per heavy atom. The number of unbranched alkanes of at least 4 members (excludes halogenated alkanes) is 2. The molecule has 1 heterocycles. The Hall–Kier alpha value is -1.62. The van der Waals surface area contributed by atoms with Crippen LogP contribution in [0.15, 0.2) is 24.3 Å². The Kier molecular flexibility index (Phi) is 5.35. The summed E-state index contributed by atoms with van der Waals surface area (Å²) in [7, 11) is 0. The predicted octanol–water partition coefficient (Wildman–Crippen LogP) is 2.87. The van der Waals surface area contributed by atoms with Crippen LogP contribution in [-0.4, -0.2) is 24.2 Å². The van der Waals surface area contributed by atoms with Gasteiger partial charge >= 0.3 is 0 Å². The normalized spacial score (nSPS) is 15.2. The topological polar surface area (TPSA) is 41.6 Å². The number of hydrogen-bond acceptors (Lipinski definition) is 3. The molecule has 5 heteroatoms. The first-order valence-electron chi connectivity index (χ1n) is 7.06. The minimum Gasteiger partial charge on any atom is -0.494 e. The molecule has 2 rings (SSSR count). The Bertz CT molecular complexity index is 457. The third-order valence-electron chi connectivity index (χ3n) is 3.18. The van der Waals surface area contributed by atoms with Crippen LogP contribution in [0.4, 0.5) is 5.69 Å². The molecule has 108 valence electrons. The van der Waals surface area contributed by atoms with Gasteiger partial charge in [0.15, 0.2) is 5.11 Å². The zero-order valence-corrected chi connectivity index (χ0v) is 12.5. The molecule has 20 heavy (non-hydrogen) atoms. The van der Waals surface area contributed by atoms with Crippen LogP contribution < -0.4 is 15.0 Å². The summed E-state index contributed by atoms with van der Waals surface area (Å²) in [6, 6.07) is 7.50. The summed E-state index contributed by atoms with van der Waals surface area (Å²) < 4.78 is 5.65. The molecule has 1 aliphatic rings. The molecule has 1 saturated heterocycles. The van der Waals surface area contributed by atoms with E-state index in [0.717, 1.165) is 24.5 Å². The predicted molar refractivity (Wildman–Crippen MR) is 84.2 cm³/mol. The van der Waals surface area contributed by atoms with Crippen LogP contribution in [0.3, 0.4) is 0 Å². The highest BCUT2D eigenvalue weighted by atomic mass is 32.1. The number of benzene rings is 1. The van der Waals surface area contributed by atoms with Gasteiger partial charge in [-0.1, -0.05) is 19.8 Å². The molecule has 0 atom stereocenters. The largest absolute Gasteiger partial charge is 0.494 e. The molecule has 0 spiro atoms. The average molecular weight is 292 g/mol. The van der Waals surface area contributed by atoms with Crippen LogP contribution in [0.2, 0.25) is 0 Å². The number of ether oxygens (including phenoxy) is 1. The van der Waals surface area contributed by atoms with Crippen LogP contribution in [0.25, 0.3) is 0 Å². The molecule has 0 unspecified atom stereocenters. The fraction of sp³-hybridized carbons (Fsp3) is 0.467. The number of nitrogens with one attached hydrogen (secondary N) is 1. The molecular weight excluding hydrogens is 272 g/mol. The van der Waals surface area contributed by atoms with E-state index >= 15 is 0 Å². The summed E-state index contributed by atoms with van der Waals surface area (Å²) in [5.41, 5.74) is 0.785. The molecular formula is C15H20N2O2S. The third kappa shape index (κ3) is 3.70. The standard InChI is InChI=1S/C15H20N2O2S/c1-2-3-4-11-19-13-7-5-12(6-8-13)17-14(18)9-10-16-15(17)20/h5-8H,2-4,9-11H2,1H3,(H,16,20). The number of amides is 1. The average Bonchev–Trinajstić information content (AvgIpc) is 2.45. The molecule has 1 aromatic carbocycles.